The third-order valence-corrected chi connectivity index (χ3v) is 4.06. The highest BCUT2D eigenvalue weighted by Crippen LogP contribution is 2.47. The maximum absolute atomic E-state index is 9.80. The molecule has 2 fully saturated rings. The predicted octanol–water partition coefficient (Wildman–Crippen LogP) is 1.49. The summed E-state index contributed by atoms with van der Waals surface area (Å²) >= 11 is 0. The molecule has 2 saturated carbocycles. The van der Waals surface area contributed by atoms with Crippen LogP contribution in [0.25, 0.3) is 0 Å². The predicted molar refractivity (Wildman–Crippen MR) is 53.5 cm³/mol. The van der Waals surface area contributed by atoms with Crippen LogP contribution in [-0.2, 0) is 0 Å². The minimum atomic E-state index is 0.00403. The Morgan fingerprint density at radius 3 is 2.31 bits per heavy atom. The topological polar surface area (TPSA) is 23.5 Å². The average molecular weight is 183 g/mol. The van der Waals surface area contributed by atoms with Crippen LogP contribution >= 0.6 is 0 Å². The van der Waals surface area contributed by atoms with Gasteiger partial charge in [0, 0.05) is 12.0 Å². The molecule has 4 atom stereocenters. The second kappa shape index (κ2) is 3.58. The summed E-state index contributed by atoms with van der Waals surface area (Å²) in [5, 5.41) is 9.80. The zero-order valence-electron chi connectivity index (χ0n) is 8.74. The summed E-state index contributed by atoms with van der Waals surface area (Å²) in [5.41, 5.74) is 0. The van der Waals surface area contributed by atoms with Crippen LogP contribution in [0, 0.1) is 11.8 Å². The lowest BCUT2D eigenvalue weighted by atomic mass is 9.98. The monoisotopic (exact) mass is 183 g/mol. The van der Waals surface area contributed by atoms with Gasteiger partial charge in [-0.3, -0.25) is 0 Å². The van der Waals surface area contributed by atoms with Crippen LogP contribution in [0.4, 0.5) is 0 Å². The van der Waals surface area contributed by atoms with Gasteiger partial charge in [-0.15, -0.1) is 0 Å². The van der Waals surface area contributed by atoms with Crippen molar-refractivity contribution in [2.45, 2.75) is 45.3 Å². The summed E-state index contributed by atoms with van der Waals surface area (Å²) in [6, 6.07) is 0.699. The van der Waals surface area contributed by atoms with E-state index in [9.17, 15) is 5.11 Å². The normalized spacial score (nSPS) is 43.4. The Morgan fingerprint density at radius 1 is 1.23 bits per heavy atom. The highest BCUT2D eigenvalue weighted by Gasteiger charge is 2.48. The van der Waals surface area contributed by atoms with Gasteiger partial charge in [0.2, 0.25) is 0 Å². The molecule has 0 aromatic rings. The van der Waals surface area contributed by atoms with Crippen LogP contribution in [0.3, 0.4) is 0 Å². The van der Waals surface area contributed by atoms with Crippen LogP contribution < -0.4 is 0 Å². The van der Waals surface area contributed by atoms with Crippen molar-refractivity contribution in [1.29, 1.82) is 0 Å². The van der Waals surface area contributed by atoms with Gasteiger partial charge in [-0.2, -0.15) is 0 Å². The van der Waals surface area contributed by atoms with Gasteiger partial charge in [0.25, 0.3) is 0 Å². The number of hydrogen-bond acceptors (Lipinski definition) is 2. The van der Waals surface area contributed by atoms with Crippen LogP contribution in [0.2, 0.25) is 0 Å². The van der Waals surface area contributed by atoms with E-state index in [0.29, 0.717) is 12.0 Å². The summed E-state index contributed by atoms with van der Waals surface area (Å²) in [6.45, 7) is 6.74. The van der Waals surface area contributed by atoms with Gasteiger partial charge in [-0.25, -0.2) is 0 Å². The lowest BCUT2D eigenvalue weighted by Crippen LogP contribution is -2.39. The first-order chi connectivity index (χ1) is 6.27. The molecule has 0 spiro atoms. The van der Waals surface area contributed by atoms with Crippen LogP contribution in [-0.4, -0.2) is 35.2 Å². The standard InChI is InChI=1S/C11H21NO/c1-3-12(4-2)11-8-5-6-9(11)10(13)7-8/h8-11,13H,3-7H2,1-2H3/t8-,9+,10-,11-/m1/s1. The van der Waals surface area contributed by atoms with Gasteiger partial charge in [0.15, 0.2) is 0 Å². The van der Waals surface area contributed by atoms with Gasteiger partial charge >= 0.3 is 0 Å². The van der Waals surface area contributed by atoms with Crippen molar-refractivity contribution in [3.05, 3.63) is 0 Å². The molecule has 0 aromatic heterocycles. The molecule has 1 N–H and O–H groups in total. The second-order valence-corrected chi connectivity index (χ2v) is 4.52. The van der Waals surface area contributed by atoms with Crippen molar-refractivity contribution in [3.63, 3.8) is 0 Å². The fourth-order valence-electron chi connectivity index (χ4n) is 3.47. The lowest BCUT2D eigenvalue weighted by molar-refractivity contribution is 0.0922. The minimum Gasteiger partial charge on any atom is -0.393 e. The molecule has 0 unspecified atom stereocenters. The van der Waals surface area contributed by atoms with Crippen molar-refractivity contribution < 1.29 is 5.11 Å². The van der Waals surface area contributed by atoms with E-state index in [0.717, 1.165) is 25.4 Å². The molecular formula is C11H21NO. The number of aliphatic hydroxyl groups excluding tert-OH is 1. The third-order valence-electron chi connectivity index (χ3n) is 4.06. The van der Waals surface area contributed by atoms with Gasteiger partial charge in [0.1, 0.15) is 0 Å². The summed E-state index contributed by atoms with van der Waals surface area (Å²) in [6.07, 6.45) is 3.67. The zero-order chi connectivity index (χ0) is 9.42. The first-order valence-electron chi connectivity index (χ1n) is 5.70. The molecule has 0 radical (unpaired) electrons. The van der Waals surface area contributed by atoms with Gasteiger partial charge in [-0.05, 0) is 38.3 Å². The SMILES string of the molecule is CCN(CC)[C@@H]1[C@@H]2CC[C@H]1[C@H](O)C2. The summed E-state index contributed by atoms with van der Waals surface area (Å²) in [7, 11) is 0. The minimum absolute atomic E-state index is 0.00403. The highest BCUT2D eigenvalue weighted by molar-refractivity contribution is 5.01. The van der Waals surface area contributed by atoms with Crippen molar-refractivity contribution >= 4 is 0 Å². The van der Waals surface area contributed by atoms with E-state index < -0.39 is 0 Å². The summed E-state index contributed by atoms with van der Waals surface area (Å²) < 4.78 is 0. The number of nitrogens with zero attached hydrogens (tertiary/aromatic N) is 1. The molecule has 2 aliphatic carbocycles. The number of rotatable bonds is 3. The van der Waals surface area contributed by atoms with E-state index in [1.165, 1.54) is 12.8 Å². The molecule has 0 saturated heterocycles. The molecule has 2 heteroatoms. The highest BCUT2D eigenvalue weighted by atomic mass is 16.3. The number of hydrogen-bond donors (Lipinski definition) is 1. The Labute approximate surface area is 80.9 Å². The van der Waals surface area contributed by atoms with Crippen molar-refractivity contribution in [2.24, 2.45) is 11.8 Å². The fraction of sp³-hybridized carbons (Fsp3) is 1.00. The Bertz CT molecular complexity index is 179. The number of aliphatic hydroxyl groups is 1. The molecule has 0 amide bonds. The van der Waals surface area contributed by atoms with E-state index in [4.69, 9.17) is 0 Å². The molecular weight excluding hydrogens is 162 g/mol. The third kappa shape index (κ3) is 1.40. The van der Waals surface area contributed by atoms with Gasteiger partial charge < -0.3 is 10.0 Å². The van der Waals surface area contributed by atoms with E-state index in [1.54, 1.807) is 0 Å². The van der Waals surface area contributed by atoms with Gasteiger partial charge in [0.05, 0.1) is 6.10 Å². The van der Waals surface area contributed by atoms with Crippen molar-refractivity contribution in [1.82, 2.24) is 4.90 Å². The Kier molecular flexibility index (Phi) is 2.61. The molecule has 0 heterocycles. The molecule has 0 aliphatic heterocycles. The lowest BCUT2D eigenvalue weighted by Gasteiger charge is -2.30. The van der Waals surface area contributed by atoms with Crippen molar-refractivity contribution in [2.75, 3.05) is 13.1 Å². The molecule has 2 aliphatic rings. The van der Waals surface area contributed by atoms with Crippen molar-refractivity contribution in [3.8, 4) is 0 Å². The maximum atomic E-state index is 9.80. The second-order valence-electron chi connectivity index (χ2n) is 4.52. The maximum Gasteiger partial charge on any atom is 0.0586 e. The smallest absolute Gasteiger partial charge is 0.0586 e. The Morgan fingerprint density at radius 2 is 1.92 bits per heavy atom. The summed E-state index contributed by atoms with van der Waals surface area (Å²) in [5.74, 6) is 1.38. The molecule has 2 nitrogen and oxygen atoms in total. The van der Waals surface area contributed by atoms with E-state index >= 15 is 0 Å². The average Bonchev–Trinajstić information content (AvgIpc) is 2.64. The molecule has 2 bridgehead atoms. The molecule has 76 valence electrons. The fourth-order valence-corrected chi connectivity index (χ4v) is 3.47. The summed E-state index contributed by atoms with van der Waals surface area (Å²) in [4.78, 5) is 2.54. The van der Waals surface area contributed by atoms with Crippen LogP contribution in [0.5, 0.6) is 0 Å². The van der Waals surface area contributed by atoms with E-state index in [1.807, 2.05) is 0 Å². The van der Waals surface area contributed by atoms with Crippen LogP contribution in [0.1, 0.15) is 33.1 Å². The van der Waals surface area contributed by atoms with E-state index in [-0.39, 0.29) is 6.10 Å². The zero-order valence-corrected chi connectivity index (χ0v) is 8.74. The number of fused-ring (bicyclic) bond motifs is 2. The molecule has 13 heavy (non-hydrogen) atoms. The van der Waals surface area contributed by atoms with Crippen LogP contribution in [0.15, 0.2) is 0 Å². The Balaban J connectivity index is 2.07. The first kappa shape index (κ1) is 9.47. The van der Waals surface area contributed by atoms with E-state index in [2.05, 4.69) is 18.7 Å². The largest absolute Gasteiger partial charge is 0.393 e. The quantitative estimate of drug-likeness (QED) is 0.716. The first-order valence-corrected chi connectivity index (χ1v) is 5.70. The molecule has 2 rings (SSSR count). The molecule has 0 aromatic carbocycles. The van der Waals surface area contributed by atoms with Gasteiger partial charge in [-0.1, -0.05) is 13.8 Å². The Hall–Kier alpha value is -0.0800.